The van der Waals surface area contributed by atoms with E-state index < -0.39 is 5.60 Å². The number of hydrogen-bond acceptors (Lipinski definition) is 3. The molecule has 0 saturated carbocycles. The van der Waals surface area contributed by atoms with Crippen LogP contribution in [0.2, 0.25) is 0 Å². The average Bonchev–Trinajstić information content (AvgIpc) is 2.77. The van der Waals surface area contributed by atoms with Crippen molar-refractivity contribution in [2.75, 3.05) is 6.61 Å². The van der Waals surface area contributed by atoms with E-state index in [-0.39, 0.29) is 6.10 Å². The highest BCUT2D eigenvalue weighted by molar-refractivity contribution is 5.39. The van der Waals surface area contributed by atoms with Gasteiger partial charge in [0.05, 0.1) is 11.7 Å². The van der Waals surface area contributed by atoms with Crippen LogP contribution in [0.25, 0.3) is 0 Å². The Morgan fingerprint density at radius 1 is 1.33 bits per heavy atom. The van der Waals surface area contributed by atoms with E-state index in [9.17, 15) is 10.2 Å². The van der Waals surface area contributed by atoms with E-state index in [1.807, 2.05) is 32.0 Å². The van der Waals surface area contributed by atoms with Gasteiger partial charge in [0.2, 0.25) is 0 Å². The van der Waals surface area contributed by atoms with Crippen LogP contribution in [0, 0.1) is 0 Å². The van der Waals surface area contributed by atoms with E-state index in [0.29, 0.717) is 19.4 Å². The van der Waals surface area contributed by atoms with Crippen molar-refractivity contribution in [3.63, 3.8) is 0 Å². The lowest BCUT2D eigenvalue weighted by atomic mass is 9.99. The summed E-state index contributed by atoms with van der Waals surface area (Å²) in [5.74, 6) is 0.781. The third-order valence-corrected chi connectivity index (χ3v) is 3.98. The molecule has 0 fully saturated rings. The first kappa shape index (κ1) is 13.4. The Morgan fingerprint density at radius 3 is 2.72 bits per heavy atom. The number of aliphatic hydroxyl groups excluding tert-OH is 1. The Labute approximate surface area is 108 Å². The summed E-state index contributed by atoms with van der Waals surface area (Å²) in [6.45, 7) is 4.25. The van der Waals surface area contributed by atoms with Gasteiger partial charge in [-0.3, -0.25) is 0 Å². The number of rotatable bonds is 5. The molecular weight excluding hydrogens is 228 g/mol. The Kier molecular flexibility index (Phi) is 3.93. The monoisotopic (exact) mass is 250 g/mol. The molecule has 3 nitrogen and oxygen atoms in total. The lowest BCUT2D eigenvalue weighted by molar-refractivity contribution is -0.0113. The number of fused-ring (bicyclic) bond motifs is 1. The van der Waals surface area contributed by atoms with E-state index in [0.717, 1.165) is 29.7 Å². The number of aliphatic hydroxyl groups is 2. The zero-order chi connectivity index (χ0) is 13.2. The van der Waals surface area contributed by atoms with Crippen molar-refractivity contribution in [3.8, 4) is 5.75 Å². The van der Waals surface area contributed by atoms with E-state index in [4.69, 9.17) is 4.74 Å². The van der Waals surface area contributed by atoms with Gasteiger partial charge in [0.1, 0.15) is 12.4 Å². The fourth-order valence-corrected chi connectivity index (χ4v) is 2.33. The Bertz CT molecular complexity index is 410. The van der Waals surface area contributed by atoms with Gasteiger partial charge in [-0.15, -0.1) is 0 Å². The second kappa shape index (κ2) is 5.29. The summed E-state index contributed by atoms with van der Waals surface area (Å²) in [5.41, 5.74) is 1.44. The van der Waals surface area contributed by atoms with E-state index in [1.54, 1.807) is 0 Å². The third kappa shape index (κ3) is 2.68. The van der Waals surface area contributed by atoms with Crippen molar-refractivity contribution >= 4 is 0 Å². The van der Waals surface area contributed by atoms with Crippen LogP contribution in [0.1, 0.15) is 50.3 Å². The Morgan fingerprint density at radius 2 is 2.06 bits per heavy atom. The fourth-order valence-electron chi connectivity index (χ4n) is 2.33. The summed E-state index contributed by atoms with van der Waals surface area (Å²) in [6.07, 6.45) is 2.75. The van der Waals surface area contributed by atoms with E-state index in [2.05, 4.69) is 0 Å². The Balaban J connectivity index is 2.03. The van der Waals surface area contributed by atoms with Crippen molar-refractivity contribution in [2.45, 2.75) is 51.2 Å². The van der Waals surface area contributed by atoms with Gasteiger partial charge in [-0.2, -0.15) is 0 Å². The zero-order valence-electron chi connectivity index (χ0n) is 11.1. The van der Waals surface area contributed by atoms with Crippen LogP contribution in [-0.2, 0) is 6.42 Å². The molecular formula is C15H22O3. The lowest BCUT2D eigenvalue weighted by Gasteiger charge is -2.25. The largest absolute Gasteiger partial charge is 0.491 e. The predicted octanol–water partition coefficient (Wildman–Crippen LogP) is 2.60. The maximum atomic E-state index is 10.2. The summed E-state index contributed by atoms with van der Waals surface area (Å²) < 4.78 is 5.68. The van der Waals surface area contributed by atoms with Crippen molar-refractivity contribution in [1.82, 2.24) is 0 Å². The van der Waals surface area contributed by atoms with Gasteiger partial charge >= 0.3 is 0 Å². The minimum atomic E-state index is -0.738. The molecule has 100 valence electrons. The molecule has 18 heavy (non-hydrogen) atoms. The van der Waals surface area contributed by atoms with Crippen molar-refractivity contribution in [3.05, 3.63) is 29.3 Å². The maximum Gasteiger partial charge on any atom is 0.119 e. The molecule has 1 aromatic rings. The number of benzene rings is 1. The molecule has 0 unspecified atom stereocenters. The molecule has 0 saturated heterocycles. The van der Waals surface area contributed by atoms with Gasteiger partial charge in [-0.1, -0.05) is 19.9 Å². The minimum absolute atomic E-state index is 0.321. The van der Waals surface area contributed by atoms with Crippen LogP contribution < -0.4 is 4.74 Å². The summed E-state index contributed by atoms with van der Waals surface area (Å²) in [6, 6.07) is 5.79. The summed E-state index contributed by atoms with van der Waals surface area (Å²) >= 11 is 0. The molecule has 0 bridgehead atoms. The van der Waals surface area contributed by atoms with Gasteiger partial charge in [0, 0.05) is 0 Å². The van der Waals surface area contributed by atoms with Crippen LogP contribution in [-0.4, -0.2) is 22.4 Å². The topological polar surface area (TPSA) is 49.7 Å². The SMILES string of the molecule is CCC(O)(CC)COc1ccc2c(c1)CC[C@@H]2O. The smallest absolute Gasteiger partial charge is 0.119 e. The zero-order valence-corrected chi connectivity index (χ0v) is 11.1. The highest BCUT2D eigenvalue weighted by Crippen LogP contribution is 2.33. The number of aryl methyl sites for hydroxylation is 1. The first-order chi connectivity index (χ1) is 8.58. The molecule has 0 radical (unpaired) electrons. The van der Waals surface area contributed by atoms with Gasteiger partial charge in [-0.05, 0) is 48.9 Å². The van der Waals surface area contributed by atoms with Crippen LogP contribution in [0.4, 0.5) is 0 Å². The quantitative estimate of drug-likeness (QED) is 0.844. The summed E-state index contributed by atoms with van der Waals surface area (Å²) in [5, 5.41) is 19.9. The molecule has 1 aliphatic rings. The van der Waals surface area contributed by atoms with Gasteiger partial charge in [0.15, 0.2) is 0 Å². The molecule has 0 spiro atoms. The van der Waals surface area contributed by atoms with Crippen LogP contribution >= 0.6 is 0 Å². The normalized spacial score (nSPS) is 18.8. The molecule has 2 N–H and O–H groups in total. The highest BCUT2D eigenvalue weighted by Gasteiger charge is 2.24. The van der Waals surface area contributed by atoms with Gasteiger partial charge < -0.3 is 14.9 Å². The van der Waals surface area contributed by atoms with E-state index in [1.165, 1.54) is 0 Å². The minimum Gasteiger partial charge on any atom is -0.491 e. The lowest BCUT2D eigenvalue weighted by Crippen LogP contribution is -2.34. The van der Waals surface area contributed by atoms with Crippen molar-refractivity contribution in [2.24, 2.45) is 0 Å². The van der Waals surface area contributed by atoms with Crippen LogP contribution in [0.5, 0.6) is 5.75 Å². The molecule has 1 atom stereocenters. The molecule has 0 heterocycles. The first-order valence-electron chi connectivity index (χ1n) is 6.74. The molecule has 0 aromatic heterocycles. The van der Waals surface area contributed by atoms with Gasteiger partial charge in [-0.25, -0.2) is 0 Å². The Hall–Kier alpha value is -1.06. The van der Waals surface area contributed by atoms with E-state index >= 15 is 0 Å². The maximum absolute atomic E-state index is 10.2. The van der Waals surface area contributed by atoms with Crippen LogP contribution in [0.15, 0.2) is 18.2 Å². The molecule has 2 rings (SSSR count). The standard InChI is InChI=1S/C15H22O3/c1-3-15(17,4-2)10-18-12-6-7-13-11(9-12)5-8-14(13)16/h6-7,9,14,16-17H,3-5,8,10H2,1-2H3/t14-/m0/s1. The highest BCUT2D eigenvalue weighted by atomic mass is 16.5. The number of ether oxygens (including phenoxy) is 1. The van der Waals surface area contributed by atoms with Crippen molar-refractivity contribution < 1.29 is 14.9 Å². The van der Waals surface area contributed by atoms with Crippen molar-refractivity contribution in [1.29, 1.82) is 0 Å². The summed E-state index contributed by atoms with van der Waals surface area (Å²) in [4.78, 5) is 0. The average molecular weight is 250 g/mol. The summed E-state index contributed by atoms with van der Waals surface area (Å²) in [7, 11) is 0. The molecule has 0 amide bonds. The third-order valence-electron chi connectivity index (χ3n) is 3.98. The molecule has 1 aromatic carbocycles. The first-order valence-corrected chi connectivity index (χ1v) is 6.74. The second-order valence-corrected chi connectivity index (χ2v) is 5.14. The predicted molar refractivity (Wildman–Crippen MR) is 70.7 cm³/mol. The molecule has 3 heteroatoms. The van der Waals surface area contributed by atoms with Gasteiger partial charge in [0.25, 0.3) is 0 Å². The second-order valence-electron chi connectivity index (χ2n) is 5.14. The fraction of sp³-hybridized carbons (Fsp3) is 0.600. The van der Waals surface area contributed by atoms with Crippen LogP contribution in [0.3, 0.4) is 0 Å². The molecule has 0 aliphatic heterocycles. The molecule has 1 aliphatic carbocycles. The number of hydrogen-bond donors (Lipinski definition) is 2.